The van der Waals surface area contributed by atoms with Gasteiger partial charge in [-0.05, 0) is 46.7 Å². The minimum Gasteiger partial charge on any atom is -0.369 e. The lowest BCUT2D eigenvalue weighted by molar-refractivity contribution is 0.250. The third-order valence-corrected chi connectivity index (χ3v) is 5.04. The molecule has 0 N–H and O–H groups in total. The Kier molecular flexibility index (Phi) is 4.42. The minimum absolute atomic E-state index is 0.800. The van der Waals surface area contributed by atoms with Gasteiger partial charge in [-0.25, -0.2) is 0 Å². The van der Waals surface area contributed by atoms with Crippen LogP contribution in [0.2, 0.25) is 5.02 Å². The molecule has 1 aliphatic heterocycles. The van der Waals surface area contributed by atoms with Gasteiger partial charge in [0.25, 0.3) is 0 Å². The summed E-state index contributed by atoms with van der Waals surface area (Å²) in [6.07, 6.45) is 0. The van der Waals surface area contributed by atoms with Crippen molar-refractivity contribution in [2.45, 2.75) is 6.54 Å². The SMILES string of the molecule is Clc1ccc(N2CCN(Cc3ccc4ccccc4c3)CC2)cc1. The topological polar surface area (TPSA) is 6.48 Å². The van der Waals surface area contributed by atoms with Crippen molar-refractivity contribution in [1.82, 2.24) is 4.90 Å². The Morgan fingerprint density at radius 3 is 2.21 bits per heavy atom. The summed E-state index contributed by atoms with van der Waals surface area (Å²) < 4.78 is 0. The van der Waals surface area contributed by atoms with Gasteiger partial charge in [0, 0.05) is 43.4 Å². The van der Waals surface area contributed by atoms with Crippen LogP contribution < -0.4 is 4.90 Å². The molecule has 0 bridgehead atoms. The van der Waals surface area contributed by atoms with E-state index in [1.165, 1.54) is 22.0 Å². The van der Waals surface area contributed by atoms with E-state index in [-0.39, 0.29) is 0 Å². The summed E-state index contributed by atoms with van der Waals surface area (Å²) in [5.41, 5.74) is 2.67. The molecule has 122 valence electrons. The third kappa shape index (κ3) is 3.40. The summed E-state index contributed by atoms with van der Waals surface area (Å²) >= 11 is 5.98. The Morgan fingerprint density at radius 2 is 1.46 bits per heavy atom. The molecule has 1 aliphatic rings. The molecule has 0 radical (unpaired) electrons. The Morgan fingerprint density at radius 1 is 0.750 bits per heavy atom. The van der Waals surface area contributed by atoms with Crippen LogP contribution in [0.25, 0.3) is 10.8 Å². The van der Waals surface area contributed by atoms with Crippen LogP contribution in [-0.2, 0) is 6.54 Å². The lowest BCUT2D eigenvalue weighted by Gasteiger charge is -2.36. The summed E-state index contributed by atoms with van der Waals surface area (Å²) in [5.74, 6) is 0. The number of nitrogens with zero attached hydrogens (tertiary/aromatic N) is 2. The van der Waals surface area contributed by atoms with Crippen LogP contribution in [0, 0.1) is 0 Å². The van der Waals surface area contributed by atoms with Crippen molar-refractivity contribution in [2.75, 3.05) is 31.1 Å². The number of anilines is 1. The van der Waals surface area contributed by atoms with E-state index in [0.29, 0.717) is 0 Å². The lowest BCUT2D eigenvalue weighted by atomic mass is 10.1. The smallest absolute Gasteiger partial charge is 0.0407 e. The van der Waals surface area contributed by atoms with Gasteiger partial charge in [0.2, 0.25) is 0 Å². The maximum atomic E-state index is 5.98. The van der Waals surface area contributed by atoms with Gasteiger partial charge in [0.1, 0.15) is 0 Å². The fourth-order valence-electron chi connectivity index (χ4n) is 3.41. The van der Waals surface area contributed by atoms with E-state index in [1.807, 2.05) is 12.1 Å². The summed E-state index contributed by atoms with van der Waals surface area (Å²) in [4.78, 5) is 4.98. The molecule has 0 aliphatic carbocycles. The highest BCUT2D eigenvalue weighted by atomic mass is 35.5. The van der Waals surface area contributed by atoms with Crippen LogP contribution in [0.4, 0.5) is 5.69 Å². The van der Waals surface area contributed by atoms with Crippen LogP contribution in [0.15, 0.2) is 66.7 Å². The fourth-order valence-corrected chi connectivity index (χ4v) is 3.54. The maximum absolute atomic E-state index is 5.98. The van der Waals surface area contributed by atoms with Gasteiger partial charge in [-0.1, -0.05) is 48.0 Å². The van der Waals surface area contributed by atoms with Gasteiger partial charge in [-0.2, -0.15) is 0 Å². The summed E-state index contributed by atoms with van der Waals surface area (Å²) in [6, 6.07) is 23.5. The van der Waals surface area contributed by atoms with Crippen molar-refractivity contribution in [1.29, 1.82) is 0 Å². The van der Waals surface area contributed by atoms with Gasteiger partial charge in [0.15, 0.2) is 0 Å². The third-order valence-electron chi connectivity index (χ3n) is 4.78. The van der Waals surface area contributed by atoms with Crippen molar-refractivity contribution in [3.8, 4) is 0 Å². The second kappa shape index (κ2) is 6.84. The Hall–Kier alpha value is -2.03. The molecule has 3 aromatic rings. The first-order valence-electron chi connectivity index (χ1n) is 8.48. The highest BCUT2D eigenvalue weighted by Gasteiger charge is 2.17. The average molecular weight is 337 g/mol. The molecular weight excluding hydrogens is 316 g/mol. The number of fused-ring (bicyclic) bond motifs is 1. The quantitative estimate of drug-likeness (QED) is 0.677. The molecule has 1 fully saturated rings. The van der Waals surface area contributed by atoms with E-state index in [4.69, 9.17) is 11.6 Å². The lowest BCUT2D eigenvalue weighted by Crippen LogP contribution is -2.45. The second-order valence-corrected chi connectivity index (χ2v) is 6.86. The Labute approximate surface area is 148 Å². The average Bonchev–Trinajstić information content (AvgIpc) is 2.63. The normalized spacial score (nSPS) is 15.8. The van der Waals surface area contributed by atoms with E-state index in [2.05, 4.69) is 64.4 Å². The highest BCUT2D eigenvalue weighted by molar-refractivity contribution is 6.30. The molecule has 2 nitrogen and oxygen atoms in total. The first-order chi connectivity index (χ1) is 11.8. The molecular formula is C21H21ClN2. The number of hydrogen-bond donors (Lipinski definition) is 0. The molecule has 3 aromatic carbocycles. The highest BCUT2D eigenvalue weighted by Crippen LogP contribution is 2.21. The van der Waals surface area contributed by atoms with Gasteiger partial charge in [-0.15, -0.1) is 0 Å². The van der Waals surface area contributed by atoms with Crippen molar-refractivity contribution in [2.24, 2.45) is 0 Å². The van der Waals surface area contributed by atoms with Gasteiger partial charge < -0.3 is 4.90 Å². The van der Waals surface area contributed by atoms with Gasteiger partial charge in [-0.3, -0.25) is 4.90 Å². The summed E-state index contributed by atoms with van der Waals surface area (Å²) in [6.45, 7) is 5.34. The molecule has 3 heteroatoms. The number of piperazine rings is 1. The van der Waals surface area contributed by atoms with Crippen molar-refractivity contribution in [3.05, 3.63) is 77.3 Å². The van der Waals surface area contributed by atoms with Crippen molar-refractivity contribution in [3.63, 3.8) is 0 Å². The van der Waals surface area contributed by atoms with Gasteiger partial charge in [0.05, 0.1) is 0 Å². The predicted molar refractivity (Wildman–Crippen MR) is 103 cm³/mol. The van der Waals surface area contributed by atoms with Crippen LogP contribution in [0.3, 0.4) is 0 Å². The molecule has 1 saturated heterocycles. The molecule has 4 rings (SSSR count). The zero-order chi connectivity index (χ0) is 16.4. The molecule has 0 unspecified atom stereocenters. The predicted octanol–water partition coefficient (Wildman–Crippen LogP) is 4.82. The molecule has 1 heterocycles. The largest absolute Gasteiger partial charge is 0.369 e. The van der Waals surface area contributed by atoms with Crippen LogP contribution in [0.1, 0.15) is 5.56 Å². The molecule has 0 atom stereocenters. The van der Waals surface area contributed by atoms with E-state index in [9.17, 15) is 0 Å². The molecule has 0 saturated carbocycles. The van der Waals surface area contributed by atoms with E-state index in [0.717, 1.165) is 37.7 Å². The van der Waals surface area contributed by atoms with E-state index >= 15 is 0 Å². The van der Waals surface area contributed by atoms with Crippen LogP contribution in [-0.4, -0.2) is 31.1 Å². The monoisotopic (exact) mass is 336 g/mol. The summed E-state index contributed by atoms with van der Waals surface area (Å²) in [7, 11) is 0. The first kappa shape index (κ1) is 15.5. The molecule has 24 heavy (non-hydrogen) atoms. The van der Waals surface area contributed by atoms with E-state index < -0.39 is 0 Å². The number of halogens is 1. The van der Waals surface area contributed by atoms with Crippen LogP contribution in [0.5, 0.6) is 0 Å². The standard InChI is InChI=1S/C21H21ClN2/c22-20-7-9-21(10-8-20)24-13-11-23(12-14-24)16-17-5-6-18-3-1-2-4-19(18)15-17/h1-10,15H,11-14,16H2. The zero-order valence-corrected chi connectivity index (χ0v) is 14.4. The van der Waals surface area contributed by atoms with E-state index in [1.54, 1.807) is 0 Å². The molecule has 0 amide bonds. The Balaban J connectivity index is 1.39. The maximum Gasteiger partial charge on any atom is 0.0407 e. The fraction of sp³-hybridized carbons (Fsp3) is 0.238. The second-order valence-electron chi connectivity index (χ2n) is 6.42. The Bertz CT molecular complexity index is 821. The number of rotatable bonds is 3. The van der Waals surface area contributed by atoms with Crippen molar-refractivity contribution >= 4 is 28.1 Å². The molecule has 0 aromatic heterocycles. The van der Waals surface area contributed by atoms with Gasteiger partial charge >= 0.3 is 0 Å². The minimum atomic E-state index is 0.800. The number of benzene rings is 3. The first-order valence-corrected chi connectivity index (χ1v) is 8.86. The van der Waals surface area contributed by atoms with Crippen molar-refractivity contribution < 1.29 is 0 Å². The van der Waals surface area contributed by atoms with Crippen LogP contribution >= 0.6 is 11.6 Å². The summed E-state index contributed by atoms with van der Waals surface area (Å²) in [5, 5.41) is 3.44. The zero-order valence-electron chi connectivity index (χ0n) is 13.7. The number of hydrogen-bond acceptors (Lipinski definition) is 2. The molecule has 0 spiro atoms.